The van der Waals surface area contributed by atoms with Crippen LogP contribution in [0.1, 0.15) is 36.3 Å². The first-order valence-electron chi connectivity index (χ1n) is 8.50. The van der Waals surface area contributed by atoms with Crippen molar-refractivity contribution in [1.29, 1.82) is 0 Å². The highest BCUT2D eigenvalue weighted by molar-refractivity contribution is 5.95. The zero-order valence-corrected chi connectivity index (χ0v) is 14.6. The van der Waals surface area contributed by atoms with Gasteiger partial charge in [0.15, 0.2) is 0 Å². The normalized spacial score (nSPS) is 24.8. The fourth-order valence-corrected chi connectivity index (χ4v) is 3.64. The number of amides is 2. The van der Waals surface area contributed by atoms with Gasteiger partial charge in [0.2, 0.25) is 5.91 Å². The van der Waals surface area contributed by atoms with Gasteiger partial charge in [0.1, 0.15) is 6.61 Å². The van der Waals surface area contributed by atoms with Crippen molar-refractivity contribution in [1.82, 2.24) is 14.8 Å². The number of hydrogen-bond acceptors (Lipinski definition) is 4. The van der Waals surface area contributed by atoms with E-state index < -0.39 is 0 Å². The summed E-state index contributed by atoms with van der Waals surface area (Å²) in [4.78, 5) is 33.0. The smallest absolute Gasteiger partial charge is 0.255 e. The highest BCUT2D eigenvalue weighted by Gasteiger charge is 2.44. The number of carbonyl (C=O) groups excluding carboxylic acids is 2. The number of likely N-dealkylation sites (tertiary alicyclic amines) is 1. The third kappa shape index (κ3) is 3.15. The maximum Gasteiger partial charge on any atom is 0.255 e. The van der Waals surface area contributed by atoms with Crippen molar-refractivity contribution >= 4 is 11.8 Å². The van der Waals surface area contributed by atoms with E-state index in [-0.39, 0.29) is 29.9 Å². The van der Waals surface area contributed by atoms with Gasteiger partial charge in [-0.1, -0.05) is 0 Å². The van der Waals surface area contributed by atoms with Crippen molar-refractivity contribution in [3.05, 3.63) is 29.6 Å². The minimum atomic E-state index is -0.164. The number of nitrogens with zero attached hydrogens (tertiary/aromatic N) is 3. The van der Waals surface area contributed by atoms with Gasteiger partial charge in [-0.05, 0) is 39.3 Å². The fourth-order valence-electron chi connectivity index (χ4n) is 3.64. The number of aryl methyl sites for hydroxylation is 1. The third-order valence-electron chi connectivity index (χ3n) is 5.05. The van der Waals surface area contributed by atoms with E-state index >= 15 is 0 Å². The van der Waals surface area contributed by atoms with E-state index in [0.29, 0.717) is 31.8 Å². The highest BCUT2D eigenvalue weighted by atomic mass is 16.5. The van der Waals surface area contributed by atoms with Crippen LogP contribution in [0.3, 0.4) is 0 Å². The number of hydrogen-bond donors (Lipinski definition) is 0. The lowest BCUT2D eigenvalue weighted by atomic mass is 9.87. The summed E-state index contributed by atoms with van der Waals surface area (Å²) in [5, 5.41) is 0. The number of ether oxygens (including phenoxy) is 1. The average Bonchev–Trinajstić information content (AvgIpc) is 2.88. The summed E-state index contributed by atoms with van der Waals surface area (Å²) in [6.45, 7) is 8.52. The Morgan fingerprint density at radius 2 is 2.17 bits per heavy atom. The highest BCUT2D eigenvalue weighted by Crippen LogP contribution is 2.35. The van der Waals surface area contributed by atoms with Crippen LogP contribution in [0, 0.1) is 12.3 Å². The van der Waals surface area contributed by atoms with E-state index in [2.05, 4.69) is 4.98 Å². The molecule has 130 valence electrons. The van der Waals surface area contributed by atoms with Crippen molar-refractivity contribution in [2.75, 3.05) is 32.8 Å². The van der Waals surface area contributed by atoms with Crippen molar-refractivity contribution in [2.45, 2.75) is 33.2 Å². The van der Waals surface area contributed by atoms with Gasteiger partial charge in [-0.3, -0.25) is 14.6 Å². The van der Waals surface area contributed by atoms with Gasteiger partial charge < -0.3 is 14.5 Å². The minimum absolute atomic E-state index is 0.0177. The fraction of sp³-hybridized carbons (Fsp3) is 0.611. The topological polar surface area (TPSA) is 62.7 Å². The lowest BCUT2D eigenvalue weighted by Crippen LogP contribution is -2.46. The molecular weight excluding hydrogens is 306 g/mol. The van der Waals surface area contributed by atoms with Crippen molar-refractivity contribution in [3.8, 4) is 0 Å². The van der Waals surface area contributed by atoms with Gasteiger partial charge in [-0.15, -0.1) is 0 Å². The summed E-state index contributed by atoms with van der Waals surface area (Å²) in [5.74, 6) is 0.0545. The molecule has 0 bridgehead atoms. The first-order chi connectivity index (χ1) is 11.4. The van der Waals surface area contributed by atoms with E-state index in [1.165, 1.54) is 0 Å². The van der Waals surface area contributed by atoms with Crippen molar-refractivity contribution in [3.63, 3.8) is 0 Å². The maximum atomic E-state index is 12.8. The molecule has 3 rings (SSSR count). The molecule has 1 unspecified atom stereocenters. The molecule has 2 fully saturated rings. The Morgan fingerprint density at radius 1 is 1.38 bits per heavy atom. The Bertz CT molecular complexity index is 646. The monoisotopic (exact) mass is 331 g/mol. The summed E-state index contributed by atoms with van der Waals surface area (Å²) >= 11 is 0. The van der Waals surface area contributed by atoms with Crippen molar-refractivity contribution < 1.29 is 14.3 Å². The second-order valence-electron chi connectivity index (χ2n) is 7.22. The second kappa shape index (κ2) is 6.51. The lowest BCUT2D eigenvalue weighted by Gasteiger charge is -2.34. The third-order valence-corrected chi connectivity index (χ3v) is 5.05. The Labute approximate surface area is 142 Å². The molecule has 3 heterocycles. The zero-order chi connectivity index (χ0) is 17.3. The molecule has 1 aromatic rings. The van der Waals surface area contributed by atoms with Crippen LogP contribution >= 0.6 is 0 Å². The van der Waals surface area contributed by atoms with Gasteiger partial charge in [0.25, 0.3) is 5.91 Å². The van der Waals surface area contributed by atoms with Crippen LogP contribution in [0.5, 0.6) is 0 Å². The molecule has 24 heavy (non-hydrogen) atoms. The largest absolute Gasteiger partial charge is 0.371 e. The molecular formula is C18H25N3O3. The van der Waals surface area contributed by atoms with Gasteiger partial charge >= 0.3 is 0 Å². The number of aromatic nitrogens is 1. The number of carbonyl (C=O) groups is 2. The Kier molecular flexibility index (Phi) is 4.58. The van der Waals surface area contributed by atoms with Gasteiger partial charge in [-0.2, -0.15) is 0 Å². The van der Waals surface area contributed by atoms with Crippen LogP contribution in [0.25, 0.3) is 0 Å². The quantitative estimate of drug-likeness (QED) is 0.824. The predicted molar refractivity (Wildman–Crippen MR) is 89.6 cm³/mol. The zero-order valence-electron chi connectivity index (χ0n) is 14.6. The summed E-state index contributed by atoms with van der Waals surface area (Å²) in [6.07, 6.45) is 2.55. The Morgan fingerprint density at radius 3 is 2.88 bits per heavy atom. The molecule has 2 saturated heterocycles. The van der Waals surface area contributed by atoms with Gasteiger partial charge in [0.05, 0.1) is 12.2 Å². The molecule has 0 N–H and O–H groups in total. The molecule has 0 saturated carbocycles. The van der Waals surface area contributed by atoms with E-state index in [1.807, 2.05) is 36.6 Å². The van der Waals surface area contributed by atoms with Crippen LogP contribution in [-0.2, 0) is 9.53 Å². The molecule has 0 radical (unpaired) electrons. The van der Waals surface area contributed by atoms with E-state index in [1.54, 1.807) is 12.3 Å². The average molecular weight is 331 g/mol. The maximum absolute atomic E-state index is 12.8. The molecule has 2 amide bonds. The molecule has 0 aliphatic carbocycles. The van der Waals surface area contributed by atoms with Gasteiger partial charge in [-0.25, -0.2) is 0 Å². The number of pyridine rings is 1. The molecule has 6 heteroatoms. The number of rotatable bonds is 2. The second-order valence-corrected chi connectivity index (χ2v) is 7.22. The summed E-state index contributed by atoms with van der Waals surface area (Å²) in [6, 6.07) is 3.75. The molecule has 1 aromatic heterocycles. The molecule has 6 nitrogen and oxygen atoms in total. The van der Waals surface area contributed by atoms with E-state index in [0.717, 1.165) is 12.1 Å². The summed E-state index contributed by atoms with van der Waals surface area (Å²) < 4.78 is 5.64. The Balaban J connectivity index is 1.77. The predicted octanol–water partition coefficient (Wildman–Crippen LogP) is 1.49. The molecule has 1 spiro atoms. The molecule has 1 atom stereocenters. The van der Waals surface area contributed by atoms with E-state index in [4.69, 9.17) is 4.74 Å². The summed E-state index contributed by atoms with van der Waals surface area (Å²) in [5.41, 5.74) is 1.24. The van der Waals surface area contributed by atoms with Crippen LogP contribution in [0.15, 0.2) is 18.3 Å². The van der Waals surface area contributed by atoms with Crippen molar-refractivity contribution in [2.24, 2.45) is 5.41 Å². The van der Waals surface area contributed by atoms with Crippen LogP contribution < -0.4 is 0 Å². The van der Waals surface area contributed by atoms with Crippen LogP contribution in [0.2, 0.25) is 0 Å². The lowest BCUT2D eigenvalue weighted by molar-refractivity contribution is -0.135. The Hall–Kier alpha value is -1.95. The molecule has 2 aliphatic heterocycles. The first kappa shape index (κ1) is 16.9. The SMILES string of the molecule is Cc1ncccc1C(=O)N1CCC2(COCC(=O)N(C(C)C)C2)C1. The minimum Gasteiger partial charge on any atom is -0.371 e. The van der Waals surface area contributed by atoms with E-state index in [9.17, 15) is 9.59 Å². The first-order valence-corrected chi connectivity index (χ1v) is 8.50. The van der Waals surface area contributed by atoms with Crippen LogP contribution in [-0.4, -0.2) is 65.5 Å². The van der Waals surface area contributed by atoms with Gasteiger partial charge in [0, 0.05) is 43.0 Å². The standard InChI is InChI=1S/C18H25N3O3/c1-13(2)21-11-18(12-24-9-16(21)22)6-8-20(10-18)17(23)15-5-4-7-19-14(15)3/h4-5,7,13H,6,8-12H2,1-3H3. The molecule has 0 aromatic carbocycles. The summed E-state index contributed by atoms with van der Waals surface area (Å²) in [7, 11) is 0. The molecule has 2 aliphatic rings. The van der Waals surface area contributed by atoms with Crippen LogP contribution in [0.4, 0.5) is 0 Å².